The van der Waals surface area contributed by atoms with Gasteiger partial charge in [0.2, 0.25) is 5.91 Å². The van der Waals surface area contributed by atoms with Gasteiger partial charge >= 0.3 is 0 Å². The standard InChI is InChI=1S/C26H26N4O2/c27-17-18-14-21-6-7-22(16-23(21)15-18)19-2-4-20(5-3-19)24(31)29-10-12-30(13-11-29)25(32)26(28)8-1-9-26/h2-7,15-16H,1,8-14,28H2. The van der Waals surface area contributed by atoms with Gasteiger partial charge in [-0.3, -0.25) is 9.59 Å². The maximum absolute atomic E-state index is 13.0. The molecule has 32 heavy (non-hydrogen) atoms. The number of benzene rings is 2. The van der Waals surface area contributed by atoms with Crippen molar-refractivity contribution in [2.75, 3.05) is 26.2 Å². The third-order valence-corrected chi connectivity index (χ3v) is 6.99. The number of nitrogens with two attached hydrogens (primary N) is 1. The molecule has 0 unspecified atom stereocenters. The molecule has 6 nitrogen and oxygen atoms in total. The number of hydrogen-bond donors (Lipinski definition) is 1. The minimum Gasteiger partial charge on any atom is -0.338 e. The van der Waals surface area contributed by atoms with Gasteiger partial charge in [0.15, 0.2) is 0 Å². The summed E-state index contributed by atoms with van der Waals surface area (Å²) in [6, 6.07) is 16.1. The van der Waals surface area contributed by atoms with E-state index in [4.69, 9.17) is 11.0 Å². The minimum absolute atomic E-state index is 0.00898. The molecular formula is C26H26N4O2. The first-order chi connectivity index (χ1) is 15.5. The van der Waals surface area contributed by atoms with Crippen LogP contribution in [-0.4, -0.2) is 53.3 Å². The normalized spacial score (nSPS) is 18.9. The van der Waals surface area contributed by atoms with Crippen molar-refractivity contribution in [3.63, 3.8) is 0 Å². The van der Waals surface area contributed by atoms with Crippen LogP contribution in [-0.2, 0) is 11.2 Å². The number of piperazine rings is 1. The molecule has 1 saturated carbocycles. The van der Waals surface area contributed by atoms with E-state index in [9.17, 15) is 9.59 Å². The van der Waals surface area contributed by atoms with E-state index in [1.807, 2.05) is 40.1 Å². The Morgan fingerprint density at radius 2 is 1.59 bits per heavy atom. The zero-order valence-corrected chi connectivity index (χ0v) is 18.0. The van der Waals surface area contributed by atoms with Crippen LogP contribution in [0, 0.1) is 11.3 Å². The van der Waals surface area contributed by atoms with E-state index >= 15 is 0 Å². The fraction of sp³-hybridized carbons (Fsp3) is 0.346. The molecule has 5 rings (SSSR count). The summed E-state index contributed by atoms with van der Waals surface area (Å²) >= 11 is 0. The Balaban J connectivity index is 1.23. The van der Waals surface area contributed by atoms with E-state index in [1.54, 1.807) is 0 Å². The van der Waals surface area contributed by atoms with Crippen LogP contribution in [0.4, 0.5) is 0 Å². The molecule has 0 radical (unpaired) electrons. The third kappa shape index (κ3) is 3.59. The SMILES string of the molecule is N#CC1=Cc2cc(-c3ccc(C(=O)N4CCN(C(=O)C5(N)CCC5)CC4)cc3)ccc2C1. The Morgan fingerprint density at radius 1 is 0.938 bits per heavy atom. The number of carbonyl (C=O) groups is 2. The third-order valence-electron chi connectivity index (χ3n) is 6.99. The van der Waals surface area contributed by atoms with Crippen LogP contribution in [0.2, 0.25) is 0 Å². The smallest absolute Gasteiger partial charge is 0.253 e. The highest BCUT2D eigenvalue weighted by Gasteiger charge is 2.43. The highest BCUT2D eigenvalue weighted by molar-refractivity contribution is 5.95. The summed E-state index contributed by atoms with van der Waals surface area (Å²) < 4.78 is 0. The van der Waals surface area contributed by atoms with Gasteiger partial charge < -0.3 is 15.5 Å². The Kier molecular flexibility index (Phi) is 5.07. The van der Waals surface area contributed by atoms with Crippen LogP contribution in [0.1, 0.15) is 40.7 Å². The van der Waals surface area contributed by atoms with E-state index in [2.05, 4.69) is 24.3 Å². The van der Waals surface area contributed by atoms with E-state index in [-0.39, 0.29) is 11.8 Å². The average Bonchev–Trinajstić information content (AvgIpc) is 3.24. The molecule has 1 saturated heterocycles. The molecule has 3 aliphatic rings. The molecule has 2 N–H and O–H groups in total. The molecule has 2 fully saturated rings. The second-order valence-corrected chi connectivity index (χ2v) is 9.04. The summed E-state index contributed by atoms with van der Waals surface area (Å²) in [6.07, 6.45) is 5.18. The van der Waals surface area contributed by atoms with Crippen molar-refractivity contribution in [2.24, 2.45) is 5.73 Å². The zero-order valence-electron chi connectivity index (χ0n) is 18.0. The molecular weight excluding hydrogens is 400 g/mol. The number of fused-ring (bicyclic) bond motifs is 1. The first-order valence-corrected chi connectivity index (χ1v) is 11.2. The van der Waals surface area contributed by atoms with Crippen LogP contribution in [0.15, 0.2) is 48.0 Å². The lowest BCUT2D eigenvalue weighted by Crippen LogP contribution is -2.62. The van der Waals surface area contributed by atoms with Crippen molar-refractivity contribution in [3.05, 3.63) is 64.7 Å². The number of nitrogens with zero attached hydrogens (tertiary/aromatic N) is 3. The van der Waals surface area contributed by atoms with Gasteiger partial charge in [-0.2, -0.15) is 5.26 Å². The number of amides is 2. The quantitative estimate of drug-likeness (QED) is 0.817. The van der Waals surface area contributed by atoms with E-state index in [0.29, 0.717) is 38.2 Å². The molecule has 0 spiro atoms. The number of allylic oxidation sites excluding steroid dienone is 1. The average molecular weight is 427 g/mol. The highest BCUT2D eigenvalue weighted by atomic mass is 16.2. The van der Waals surface area contributed by atoms with Crippen LogP contribution in [0.5, 0.6) is 0 Å². The maximum Gasteiger partial charge on any atom is 0.253 e. The molecule has 2 aromatic carbocycles. The summed E-state index contributed by atoms with van der Waals surface area (Å²) in [4.78, 5) is 29.2. The van der Waals surface area contributed by atoms with E-state index in [1.165, 1.54) is 5.56 Å². The monoisotopic (exact) mass is 426 g/mol. The van der Waals surface area contributed by atoms with Crippen molar-refractivity contribution >= 4 is 17.9 Å². The molecule has 0 aromatic heterocycles. The zero-order chi connectivity index (χ0) is 22.3. The van der Waals surface area contributed by atoms with Crippen LogP contribution in [0.25, 0.3) is 17.2 Å². The second-order valence-electron chi connectivity index (χ2n) is 9.04. The molecule has 1 heterocycles. The van der Waals surface area contributed by atoms with Crippen molar-refractivity contribution in [1.82, 2.24) is 9.80 Å². The maximum atomic E-state index is 13.0. The fourth-order valence-electron chi connectivity index (χ4n) is 4.77. The van der Waals surface area contributed by atoms with Gasteiger partial charge in [0.1, 0.15) is 0 Å². The first kappa shape index (κ1) is 20.5. The van der Waals surface area contributed by atoms with Gasteiger partial charge in [-0.25, -0.2) is 0 Å². The Labute approximate surface area is 187 Å². The summed E-state index contributed by atoms with van der Waals surface area (Å²) in [5, 5.41) is 9.13. The second kappa shape index (κ2) is 7.92. The molecule has 2 amide bonds. The predicted molar refractivity (Wildman–Crippen MR) is 122 cm³/mol. The van der Waals surface area contributed by atoms with Crippen LogP contribution >= 0.6 is 0 Å². The number of carbonyl (C=O) groups excluding carboxylic acids is 2. The van der Waals surface area contributed by atoms with Gasteiger partial charge in [0, 0.05) is 43.7 Å². The van der Waals surface area contributed by atoms with E-state index in [0.717, 1.165) is 41.5 Å². The Bertz CT molecular complexity index is 1150. The molecule has 0 atom stereocenters. The summed E-state index contributed by atoms with van der Waals surface area (Å²) in [5.74, 6) is 0.0246. The molecule has 2 aliphatic carbocycles. The van der Waals surface area contributed by atoms with Crippen molar-refractivity contribution < 1.29 is 9.59 Å². The van der Waals surface area contributed by atoms with Crippen LogP contribution < -0.4 is 5.73 Å². The van der Waals surface area contributed by atoms with Crippen molar-refractivity contribution in [3.8, 4) is 17.2 Å². The fourth-order valence-corrected chi connectivity index (χ4v) is 4.77. The lowest BCUT2D eigenvalue weighted by molar-refractivity contribution is -0.141. The molecule has 162 valence electrons. The first-order valence-electron chi connectivity index (χ1n) is 11.2. The largest absolute Gasteiger partial charge is 0.338 e. The minimum atomic E-state index is -0.675. The molecule has 1 aliphatic heterocycles. The van der Waals surface area contributed by atoms with Gasteiger partial charge in [-0.15, -0.1) is 0 Å². The van der Waals surface area contributed by atoms with Gasteiger partial charge in [0.05, 0.1) is 11.6 Å². The molecule has 6 heteroatoms. The predicted octanol–water partition coefficient (Wildman–Crippen LogP) is 2.98. The molecule has 0 bridgehead atoms. The Morgan fingerprint density at radius 3 is 2.22 bits per heavy atom. The lowest BCUT2D eigenvalue weighted by atomic mass is 9.76. The number of nitriles is 1. The topological polar surface area (TPSA) is 90.4 Å². The lowest BCUT2D eigenvalue weighted by Gasteiger charge is -2.43. The summed E-state index contributed by atoms with van der Waals surface area (Å²) in [5.41, 5.74) is 11.3. The molecule has 2 aromatic rings. The van der Waals surface area contributed by atoms with Gasteiger partial charge in [-0.05, 0) is 65.8 Å². The van der Waals surface area contributed by atoms with Crippen LogP contribution in [0.3, 0.4) is 0 Å². The van der Waals surface area contributed by atoms with Gasteiger partial charge in [0.25, 0.3) is 5.91 Å². The highest BCUT2D eigenvalue weighted by Crippen LogP contribution is 2.32. The van der Waals surface area contributed by atoms with Gasteiger partial charge in [-0.1, -0.05) is 24.3 Å². The van der Waals surface area contributed by atoms with Crippen molar-refractivity contribution in [2.45, 2.75) is 31.2 Å². The number of rotatable bonds is 3. The number of hydrogen-bond acceptors (Lipinski definition) is 4. The van der Waals surface area contributed by atoms with E-state index < -0.39 is 5.54 Å². The van der Waals surface area contributed by atoms with Crippen molar-refractivity contribution in [1.29, 1.82) is 5.26 Å². The Hall–Kier alpha value is -3.43. The summed E-state index contributed by atoms with van der Waals surface area (Å²) in [6.45, 7) is 2.13. The summed E-state index contributed by atoms with van der Waals surface area (Å²) in [7, 11) is 0.